The number of nitrogens with two attached hydrogens (primary N) is 1. The van der Waals surface area contributed by atoms with Gasteiger partial charge >= 0.3 is 0 Å². The van der Waals surface area contributed by atoms with Crippen molar-refractivity contribution in [1.82, 2.24) is 10.3 Å². The molecule has 0 radical (unpaired) electrons. The number of carbonyl (C=O) groups excluding carboxylic acids is 1. The van der Waals surface area contributed by atoms with Crippen molar-refractivity contribution in [3.63, 3.8) is 0 Å². The monoisotopic (exact) mass is 253 g/mol. The molecule has 1 amide bonds. The summed E-state index contributed by atoms with van der Waals surface area (Å²) in [5, 5.41) is 2.93. The molecule has 1 saturated heterocycles. The van der Waals surface area contributed by atoms with E-state index in [1.807, 2.05) is 42.5 Å². The van der Waals surface area contributed by atoms with Crippen LogP contribution in [-0.2, 0) is 4.79 Å². The van der Waals surface area contributed by atoms with E-state index in [-0.39, 0.29) is 11.9 Å². The molecule has 3 N–H and O–H groups in total. The first-order valence-electron chi connectivity index (χ1n) is 6.35. The van der Waals surface area contributed by atoms with Gasteiger partial charge in [-0.15, -0.1) is 0 Å². The van der Waals surface area contributed by atoms with Crippen molar-refractivity contribution in [1.29, 1.82) is 0 Å². The standard InChI is InChI=1S/C15H15N3O/c16-11-6-7-13(12-8-9-14(19)17-12)18-15(11)10-4-2-1-3-5-10/h1-7,12H,8-9,16H2,(H,17,19)/t12-/m0/s1. The number of anilines is 1. The lowest BCUT2D eigenvalue weighted by molar-refractivity contribution is -0.119. The van der Waals surface area contributed by atoms with Gasteiger partial charge < -0.3 is 11.1 Å². The second-order valence-corrected chi connectivity index (χ2v) is 4.70. The number of benzene rings is 1. The molecule has 19 heavy (non-hydrogen) atoms. The molecule has 1 atom stereocenters. The maximum Gasteiger partial charge on any atom is 0.220 e. The van der Waals surface area contributed by atoms with Crippen molar-refractivity contribution < 1.29 is 4.79 Å². The Kier molecular flexibility index (Phi) is 2.91. The fourth-order valence-corrected chi connectivity index (χ4v) is 2.34. The molecule has 1 fully saturated rings. The van der Waals surface area contributed by atoms with Gasteiger partial charge in [0.05, 0.1) is 23.1 Å². The molecule has 0 bridgehead atoms. The Bertz CT molecular complexity index is 610. The van der Waals surface area contributed by atoms with E-state index in [0.717, 1.165) is 23.4 Å². The van der Waals surface area contributed by atoms with Gasteiger partial charge in [0.15, 0.2) is 0 Å². The van der Waals surface area contributed by atoms with Crippen LogP contribution >= 0.6 is 0 Å². The zero-order chi connectivity index (χ0) is 13.2. The Labute approximate surface area is 111 Å². The number of nitrogens with zero attached hydrogens (tertiary/aromatic N) is 1. The van der Waals surface area contributed by atoms with E-state index in [1.54, 1.807) is 0 Å². The summed E-state index contributed by atoms with van der Waals surface area (Å²) < 4.78 is 0. The van der Waals surface area contributed by atoms with Crippen LogP contribution in [0, 0.1) is 0 Å². The van der Waals surface area contributed by atoms with Gasteiger partial charge in [-0.1, -0.05) is 30.3 Å². The summed E-state index contributed by atoms with van der Waals surface area (Å²) in [6.45, 7) is 0. The average molecular weight is 253 g/mol. The average Bonchev–Trinajstić information content (AvgIpc) is 2.87. The number of carbonyl (C=O) groups is 1. The lowest BCUT2D eigenvalue weighted by Crippen LogP contribution is -2.19. The summed E-state index contributed by atoms with van der Waals surface area (Å²) in [5.74, 6) is 0.0879. The third-order valence-electron chi connectivity index (χ3n) is 3.35. The molecule has 1 aromatic carbocycles. The van der Waals surface area contributed by atoms with Crippen LogP contribution in [0.4, 0.5) is 5.69 Å². The molecule has 4 heteroatoms. The van der Waals surface area contributed by atoms with Crippen molar-refractivity contribution in [3.05, 3.63) is 48.2 Å². The van der Waals surface area contributed by atoms with Crippen molar-refractivity contribution in [2.24, 2.45) is 0 Å². The molecule has 0 saturated carbocycles. The fourth-order valence-electron chi connectivity index (χ4n) is 2.34. The number of hydrogen-bond donors (Lipinski definition) is 2. The highest BCUT2D eigenvalue weighted by atomic mass is 16.1. The predicted molar refractivity (Wildman–Crippen MR) is 74.2 cm³/mol. The van der Waals surface area contributed by atoms with Gasteiger partial charge in [0.2, 0.25) is 5.91 Å². The van der Waals surface area contributed by atoms with Crippen LogP contribution in [0.25, 0.3) is 11.3 Å². The van der Waals surface area contributed by atoms with E-state index >= 15 is 0 Å². The summed E-state index contributed by atoms with van der Waals surface area (Å²) in [7, 11) is 0. The van der Waals surface area contributed by atoms with Crippen LogP contribution in [-0.4, -0.2) is 10.9 Å². The molecule has 96 valence electrons. The maximum atomic E-state index is 11.3. The number of amides is 1. The van der Waals surface area contributed by atoms with E-state index in [1.165, 1.54) is 0 Å². The molecule has 4 nitrogen and oxygen atoms in total. The Morgan fingerprint density at radius 1 is 1.16 bits per heavy atom. The van der Waals surface area contributed by atoms with Crippen LogP contribution in [0.5, 0.6) is 0 Å². The van der Waals surface area contributed by atoms with Gasteiger partial charge in [-0.05, 0) is 18.6 Å². The molecule has 1 aromatic heterocycles. The number of nitrogen functional groups attached to an aromatic ring is 1. The highest BCUT2D eigenvalue weighted by Crippen LogP contribution is 2.28. The quantitative estimate of drug-likeness (QED) is 0.862. The second kappa shape index (κ2) is 4.72. The van der Waals surface area contributed by atoms with E-state index in [9.17, 15) is 4.79 Å². The zero-order valence-electron chi connectivity index (χ0n) is 10.5. The van der Waals surface area contributed by atoms with Crippen molar-refractivity contribution in [2.45, 2.75) is 18.9 Å². The first-order valence-corrected chi connectivity index (χ1v) is 6.35. The van der Waals surface area contributed by atoms with Crippen LogP contribution in [0.2, 0.25) is 0 Å². The molecular formula is C15H15N3O. The van der Waals surface area contributed by atoms with Crippen molar-refractivity contribution >= 4 is 11.6 Å². The fraction of sp³-hybridized carbons (Fsp3) is 0.200. The first-order chi connectivity index (χ1) is 9.24. The number of pyridine rings is 1. The Morgan fingerprint density at radius 3 is 2.63 bits per heavy atom. The molecule has 2 heterocycles. The SMILES string of the molecule is Nc1ccc([C@@H]2CCC(=O)N2)nc1-c1ccccc1. The van der Waals surface area contributed by atoms with Gasteiger partial charge in [0.25, 0.3) is 0 Å². The van der Waals surface area contributed by atoms with E-state index in [4.69, 9.17) is 5.73 Å². The molecule has 1 aliphatic heterocycles. The van der Waals surface area contributed by atoms with Crippen LogP contribution < -0.4 is 11.1 Å². The molecule has 2 aromatic rings. The molecular weight excluding hydrogens is 238 g/mol. The van der Waals surface area contributed by atoms with Gasteiger partial charge in [-0.3, -0.25) is 4.79 Å². The van der Waals surface area contributed by atoms with E-state index in [2.05, 4.69) is 10.3 Å². The Balaban J connectivity index is 1.99. The third kappa shape index (κ3) is 2.29. The summed E-state index contributed by atoms with van der Waals surface area (Å²) in [4.78, 5) is 15.9. The highest BCUT2D eigenvalue weighted by Gasteiger charge is 2.23. The van der Waals surface area contributed by atoms with Crippen LogP contribution in [0.15, 0.2) is 42.5 Å². The lowest BCUT2D eigenvalue weighted by Gasteiger charge is -2.12. The molecule has 0 aliphatic carbocycles. The van der Waals surface area contributed by atoms with Crippen molar-refractivity contribution in [3.8, 4) is 11.3 Å². The number of nitrogens with one attached hydrogen (secondary N) is 1. The summed E-state index contributed by atoms with van der Waals surface area (Å²) in [5.41, 5.74) is 9.29. The lowest BCUT2D eigenvalue weighted by atomic mass is 10.1. The molecule has 0 spiro atoms. The minimum absolute atomic E-state index is 0.00978. The van der Waals surface area contributed by atoms with Gasteiger partial charge in [0.1, 0.15) is 0 Å². The third-order valence-corrected chi connectivity index (χ3v) is 3.35. The molecule has 3 rings (SSSR count). The maximum absolute atomic E-state index is 11.3. The molecule has 0 unspecified atom stereocenters. The topological polar surface area (TPSA) is 68.0 Å². The highest BCUT2D eigenvalue weighted by molar-refractivity contribution is 5.79. The summed E-state index contributed by atoms with van der Waals surface area (Å²) in [6.07, 6.45) is 1.36. The Hall–Kier alpha value is -2.36. The minimum Gasteiger partial charge on any atom is -0.397 e. The minimum atomic E-state index is 0.00978. The zero-order valence-corrected chi connectivity index (χ0v) is 10.5. The molecule has 1 aliphatic rings. The number of aromatic nitrogens is 1. The summed E-state index contributed by atoms with van der Waals surface area (Å²) >= 11 is 0. The number of hydrogen-bond acceptors (Lipinski definition) is 3. The van der Waals surface area contributed by atoms with Crippen molar-refractivity contribution in [2.75, 3.05) is 5.73 Å². The largest absolute Gasteiger partial charge is 0.397 e. The van der Waals surface area contributed by atoms with E-state index in [0.29, 0.717) is 12.1 Å². The van der Waals surface area contributed by atoms with Crippen LogP contribution in [0.1, 0.15) is 24.6 Å². The van der Waals surface area contributed by atoms with Gasteiger partial charge in [-0.2, -0.15) is 0 Å². The van der Waals surface area contributed by atoms with E-state index < -0.39 is 0 Å². The second-order valence-electron chi connectivity index (χ2n) is 4.70. The summed E-state index contributed by atoms with van der Waals surface area (Å²) in [6, 6.07) is 13.6. The number of rotatable bonds is 2. The predicted octanol–water partition coefficient (Wildman–Crippen LogP) is 2.28. The first kappa shape index (κ1) is 11.7. The normalized spacial score (nSPS) is 18.3. The van der Waals surface area contributed by atoms with Gasteiger partial charge in [0, 0.05) is 12.0 Å². The smallest absolute Gasteiger partial charge is 0.220 e. The van der Waals surface area contributed by atoms with Crippen LogP contribution in [0.3, 0.4) is 0 Å². The Morgan fingerprint density at radius 2 is 1.95 bits per heavy atom. The van der Waals surface area contributed by atoms with Gasteiger partial charge in [-0.25, -0.2) is 4.98 Å².